The monoisotopic (exact) mass is 876 g/mol. The molecule has 59 heavy (non-hydrogen) atoms. The van der Waals surface area contributed by atoms with E-state index in [9.17, 15) is 4.79 Å². The molecule has 9 heteroatoms. The molecule has 0 N–H and O–H groups in total. The summed E-state index contributed by atoms with van der Waals surface area (Å²) in [5.41, 5.74) is -0.287. The smallest absolute Gasteiger partial charge is 0.335 e. The molecule has 0 bridgehead atoms. The molecule has 7 aromatic carbocycles. The first-order valence-corrected chi connectivity index (χ1v) is 24.6. The van der Waals surface area contributed by atoms with Gasteiger partial charge in [0.15, 0.2) is 0 Å². The first kappa shape index (κ1) is 38.5. The molecule has 0 unspecified atom stereocenters. The van der Waals surface area contributed by atoms with E-state index in [-0.39, 0.29) is 5.41 Å². The van der Waals surface area contributed by atoms with Crippen LogP contribution in [0.25, 0.3) is 60.5 Å². The van der Waals surface area contributed by atoms with Gasteiger partial charge in [-0.3, -0.25) is 0 Å². The lowest BCUT2D eigenvalue weighted by atomic mass is 9.97. The second-order valence-corrected chi connectivity index (χ2v) is 20.7. The number of benzene rings is 7. The second-order valence-electron chi connectivity index (χ2n) is 14.4. The van der Waals surface area contributed by atoms with E-state index >= 15 is 0 Å². The van der Waals surface area contributed by atoms with Gasteiger partial charge in [-0.2, -0.15) is 0 Å². The lowest BCUT2D eigenvalue weighted by Gasteiger charge is -2.33. The summed E-state index contributed by atoms with van der Waals surface area (Å²) in [4.78, 5) is 15.8. The van der Waals surface area contributed by atoms with Crippen molar-refractivity contribution < 1.29 is 14.3 Å². The van der Waals surface area contributed by atoms with Crippen molar-refractivity contribution in [3.05, 3.63) is 164 Å². The zero-order valence-corrected chi connectivity index (χ0v) is 36.6. The molecule has 0 spiro atoms. The number of carbonyl (C=O) groups is 1. The Hall–Kier alpha value is -4.74. The molecule has 0 aliphatic rings. The van der Waals surface area contributed by atoms with E-state index in [0.29, 0.717) is 12.4 Å². The van der Waals surface area contributed by atoms with Crippen LogP contribution >= 0.6 is 69.3 Å². The summed E-state index contributed by atoms with van der Waals surface area (Å²) in [6.45, 7) is 4.03. The highest BCUT2D eigenvalue weighted by Gasteiger charge is 2.34. The Kier molecular flexibility index (Phi) is 10.9. The summed E-state index contributed by atoms with van der Waals surface area (Å²) >= 11 is 11.5. The largest absolute Gasteiger partial charge is 0.493 e. The molecular weight excluding hydrogens is 841 g/mol. The van der Waals surface area contributed by atoms with Gasteiger partial charge in [0.2, 0.25) is 0 Å². The van der Waals surface area contributed by atoms with Crippen LogP contribution in [-0.4, -0.2) is 29.8 Å². The minimum absolute atomic E-state index is 0.287. The van der Waals surface area contributed by atoms with E-state index in [1.54, 1.807) is 12.1 Å². The van der Waals surface area contributed by atoms with Crippen LogP contribution in [0.3, 0.4) is 0 Å². The summed E-state index contributed by atoms with van der Waals surface area (Å²) in [6, 6.07) is 53.8. The maximum atomic E-state index is 11.9. The normalized spacial score (nSPS) is 12.0. The van der Waals surface area contributed by atoms with Crippen molar-refractivity contribution in [2.75, 3.05) is 23.9 Å². The Morgan fingerprint density at radius 2 is 0.864 bits per heavy atom. The molecule has 0 saturated heterocycles. The molecule has 0 aliphatic carbocycles. The maximum absolute atomic E-state index is 11.9. The summed E-state index contributed by atoms with van der Waals surface area (Å²) < 4.78 is 20.2. The molecular formula is C50H36O3S6. The van der Waals surface area contributed by atoms with Crippen LogP contribution < -0.4 is 9.47 Å². The van der Waals surface area contributed by atoms with E-state index in [4.69, 9.17) is 9.47 Å². The van der Waals surface area contributed by atoms with Gasteiger partial charge in [0.05, 0.1) is 6.61 Å². The van der Waals surface area contributed by atoms with Crippen molar-refractivity contribution in [1.82, 2.24) is 0 Å². The van der Waals surface area contributed by atoms with Gasteiger partial charge in [0.1, 0.15) is 11.5 Å². The lowest BCUT2D eigenvalue weighted by Crippen LogP contribution is -2.37. The number of esters is 1. The zero-order chi connectivity index (χ0) is 39.8. The molecule has 290 valence electrons. The molecule has 3 heterocycles. The van der Waals surface area contributed by atoms with E-state index in [1.807, 2.05) is 81.4 Å². The van der Waals surface area contributed by atoms with Crippen LogP contribution in [0.1, 0.15) is 0 Å². The van der Waals surface area contributed by atoms with Gasteiger partial charge in [0, 0.05) is 104 Å². The quantitative estimate of drug-likeness (QED) is 0.0469. The van der Waals surface area contributed by atoms with Crippen molar-refractivity contribution in [3.63, 3.8) is 0 Å². The SMILES string of the molecule is C=CC(=O)Oc1ccc(OCC(CSc2cccc3c2sc2ccccc23)(CSc2cccc3c2sc2ccccc23)CSc2cccc3c2sc2ccccc23)cc1. The fourth-order valence-corrected chi connectivity index (χ4v) is 15.6. The summed E-state index contributed by atoms with van der Waals surface area (Å²) in [5.74, 6) is 3.25. The van der Waals surface area contributed by atoms with Crippen LogP contribution in [0.5, 0.6) is 11.5 Å². The Labute approximate surface area is 367 Å². The maximum Gasteiger partial charge on any atom is 0.335 e. The molecule has 10 aromatic rings. The van der Waals surface area contributed by atoms with E-state index in [1.165, 1.54) is 81.3 Å². The van der Waals surface area contributed by atoms with Gasteiger partial charge < -0.3 is 9.47 Å². The van der Waals surface area contributed by atoms with E-state index in [2.05, 4.69) is 134 Å². The van der Waals surface area contributed by atoms with Gasteiger partial charge in [-0.15, -0.1) is 69.3 Å². The number of fused-ring (bicyclic) bond motifs is 9. The molecule has 0 radical (unpaired) electrons. The Morgan fingerprint density at radius 3 is 1.27 bits per heavy atom. The number of thiophene rings is 3. The molecule has 0 amide bonds. The Morgan fingerprint density at radius 1 is 0.492 bits per heavy atom. The summed E-state index contributed by atoms with van der Waals surface area (Å²) in [7, 11) is 0. The van der Waals surface area contributed by atoms with Crippen molar-refractivity contribution >= 4 is 136 Å². The molecule has 3 nitrogen and oxygen atoms in total. The van der Waals surface area contributed by atoms with E-state index in [0.717, 1.165) is 23.0 Å². The minimum Gasteiger partial charge on any atom is -0.493 e. The number of hydrogen-bond acceptors (Lipinski definition) is 9. The highest BCUT2D eigenvalue weighted by atomic mass is 32.2. The van der Waals surface area contributed by atoms with Crippen molar-refractivity contribution in [3.8, 4) is 11.5 Å². The fourth-order valence-electron chi connectivity index (χ4n) is 7.45. The van der Waals surface area contributed by atoms with Crippen LogP contribution in [0.2, 0.25) is 0 Å². The molecule has 0 aliphatic heterocycles. The van der Waals surface area contributed by atoms with Crippen LogP contribution in [0.15, 0.2) is 179 Å². The third kappa shape index (κ3) is 7.76. The Balaban J connectivity index is 1.04. The van der Waals surface area contributed by atoms with Gasteiger partial charge in [-0.25, -0.2) is 4.79 Å². The first-order chi connectivity index (χ1) is 29.0. The zero-order valence-electron chi connectivity index (χ0n) is 31.7. The van der Waals surface area contributed by atoms with Crippen molar-refractivity contribution in [1.29, 1.82) is 0 Å². The van der Waals surface area contributed by atoms with Gasteiger partial charge in [-0.05, 0) is 60.7 Å². The van der Waals surface area contributed by atoms with Crippen molar-refractivity contribution in [2.24, 2.45) is 5.41 Å². The molecule has 0 atom stereocenters. The Bertz CT molecular complexity index is 2880. The topological polar surface area (TPSA) is 35.5 Å². The second kappa shape index (κ2) is 16.7. The van der Waals surface area contributed by atoms with E-state index < -0.39 is 5.97 Å². The number of carbonyl (C=O) groups excluding carboxylic acids is 1. The first-order valence-electron chi connectivity index (χ1n) is 19.2. The third-order valence-electron chi connectivity index (χ3n) is 10.5. The molecule has 10 rings (SSSR count). The van der Waals surface area contributed by atoms with Gasteiger partial charge in [-0.1, -0.05) is 97.6 Å². The standard InChI is InChI=1S/C50H36O3S6/c1-2-46(51)53-33-26-24-32(25-27-33)52-28-50(29-54-43-21-9-15-37-34-12-3-6-18-40(34)57-47(37)43,30-55-44-22-10-16-38-35-13-4-7-19-41(35)58-48(38)44)31-56-45-23-11-17-39-36-14-5-8-20-42(36)59-49(39)45/h2-27H,1,28-31H2. The molecule has 0 saturated carbocycles. The fraction of sp³-hybridized carbons (Fsp3) is 0.100. The molecule has 0 fully saturated rings. The number of hydrogen-bond donors (Lipinski definition) is 0. The number of thioether (sulfide) groups is 3. The van der Waals surface area contributed by atoms with Crippen molar-refractivity contribution in [2.45, 2.75) is 14.7 Å². The van der Waals surface area contributed by atoms with Crippen LogP contribution in [0.4, 0.5) is 0 Å². The summed E-state index contributed by atoms with van der Waals surface area (Å²) in [5, 5.41) is 7.87. The predicted molar refractivity (Wildman–Crippen MR) is 260 cm³/mol. The third-order valence-corrected chi connectivity index (χ3v) is 18.7. The average molecular weight is 877 g/mol. The van der Waals surface area contributed by atoms with Gasteiger partial charge >= 0.3 is 5.97 Å². The highest BCUT2D eigenvalue weighted by Crippen LogP contribution is 2.47. The average Bonchev–Trinajstić information content (AvgIpc) is 3.99. The van der Waals surface area contributed by atoms with Crippen LogP contribution in [-0.2, 0) is 4.79 Å². The number of rotatable bonds is 14. The lowest BCUT2D eigenvalue weighted by molar-refractivity contribution is -0.128. The molecule has 3 aromatic heterocycles. The van der Waals surface area contributed by atoms with Crippen LogP contribution in [0, 0.1) is 5.41 Å². The predicted octanol–water partition coefficient (Wildman–Crippen LogP) is 15.6. The minimum atomic E-state index is -0.486. The number of ether oxygens (including phenoxy) is 2. The van der Waals surface area contributed by atoms with Gasteiger partial charge in [0.25, 0.3) is 0 Å². The summed E-state index contributed by atoms with van der Waals surface area (Å²) in [6.07, 6.45) is 1.17. The highest BCUT2D eigenvalue weighted by molar-refractivity contribution is 8.01.